The van der Waals surface area contributed by atoms with Crippen LogP contribution in [0.5, 0.6) is 0 Å². The van der Waals surface area contributed by atoms with Gasteiger partial charge in [0.1, 0.15) is 12.3 Å². The minimum atomic E-state index is -3.20. The Morgan fingerprint density at radius 3 is 2.80 bits per heavy atom. The fraction of sp³-hybridized carbons (Fsp3) is 0.400. The second-order valence-corrected chi connectivity index (χ2v) is 1.83. The number of aromatic nitrogens is 2. The van der Waals surface area contributed by atoms with Crippen molar-refractivity contribution in [2.45, 2.75) is 5.92 Å². The molecule has 0 radical (unpaired) electrons. The molecule has 0 atom stereocenters. The van der Waals surface area contributed by atoms with Gasteiger partial charge in [-0.25, -0.2) is 4.98 Å². The molecule has 3 nitrogen and oxygen atoms in total. The van der Waals surface area contributed by atoms with Gasteiger partial charge in [-0.2, -0.15) is 8.78 Å². The Morgan fingerprint density at radius 2 is 2.40 bits per heavy atom. The van der Waals surface area contributed by atoms with E-state index in [1.165, 1.54) is 0 Å². The third-order valence-corrected chi connectivity index (χ3v) is 1.09. The molecule has 0 amide bonds. The van der Waals surface area contributed by atoms with Gasteiger partial charge in [0.25, 0.3) is 0 Å². The second kappa shape index (κ2) is 2.34. The maximum atomic E-state index is 12.4. The fourth-order valence-corrected chi connectivity index (χ4v) is 0.541. The molecule has 1 aromatic rings. The van der Waals surface area contributed by atoms with Crippen molar-refractivity contribution in [2.75, 3.05) is 6.61 Å². The standard InChI is InChI=1S/C5H6F2N2O/c6-5(7,2-10)4-1-8-3-9-4/h1,3,10H,2H2,(H,8,9). The lowest BCUT2D eigenvalue weighted by Crippen LogP contribution is -2.18. The summed E-state index contributed by atoms with van der Waals surface area (Å²) in [7, 11) is 0. The largest absolute Gasteiger partial charge is 0.390 e. The average molecular weight is 148 g/mol. The third-order valence-electron chi connectivity index (χ3n) is 1.09. The number of hydrogen-bond acceptors (Lipinski definition) is 2. The number of hydrogen-bond donors (Lipinski definition) is 2. The minimum absolute atomic E-state index is 0.366. The lowest BCUT2D eigenvalue weighted by atomic mass is 10.3. The highest BCUT2D eigenvalue weighted by molar-refractivity contribution is 5.03. The van der Waals surface area contributed by atoms with Gasteiger partial charge in [0.05, 0.1) is 12.5 Å². The van der Waals surface area contributed by atoms with Crippen molar-refractivity contribution in [3.05, 3.63) is 18.2 Å². The number of nitrogens with one attached hydrogen (secondary N) is 1. The van der Waals surface area contributed by atoms with Gasteiger partial charge in [-0.15, -0.1) is 0 Å². The second-order valence-electron chi connectivity index (χ2n) is 1.83. The average Bonchev–Trinajstić information content (AvgIpc) is 2.38. The van der Waals surface area contributed by atoms with Crippen LogP contribution in [0, 0.1) is 0 Å². The maximum absolute atomic E-state index is 12.4. The normalized spacial score (nSPS) is 11.9. The monoisotopic (exact) mass is 148 g/mol. The van der Waals surface area contributed by atoms with E-state index in [9.17, 15) is 8.78 Å². The Hall–Kier alpha value is -0.970. The quantitative estimate of drug-likeness (QED) is 0.641. The molecule has 10 heavy (non-hydrogen) atoms. The van der Waals surface area contributed by atoms with E-state index in [1.54, 1.807) is 0 Å². The first-order valence-electron chi connectivity index (χ1n) is 2.64. The summed E-state index contributed by atoms with van der Waals surface area (Å²) in [6.07, 6.45) is 2.12. The molecule has 0 bridgehead atoms. The Labute approximate surface area is 55.7 Å². The van der Waals surface area contributed by atoms with Crippen LogP contribution in [0.1, 0.15) is 5.69 Å². The van der Waals surface area contributed by atoms with Crippen LogP contribution >= 0.6 is 0 Å². The smallest absolute Gasteiger partial charge is 0.311 e. The summed E-state index contributed by atoms with van der Waals surface area (Å²) in [5, 5.41) is 8.17. The van der Waals surface area contributed by atoms with E-state index in [1.807, 2.05) is 0 Å². The number of H-pyrrole nitrogens is 1. The molecule has 1 heterocycles. The summed E-state index contributed by atoms with van der Waals surface area (Å²) in [6, 6.07) is 0. The zero-order valence-corrected chi connectivity index (χ0v) is 5.01. The summed E-state index contributed by atoms with van der Waals surface area (Å²) in [4.78, 5) is 5.60. The van der Waals surface area contributed by atoms with Gasteiger partial charge < -0.3 is 10.1 Å². The Kier molecular flexibility index (Phi) is 1.67. The minimum Gasteiger partial charge on any atom is -0.390 e. The SMILES string of the molecule is OCC(F)(F)c1cnc[nH]1. The van der Waals surface area contributed by atoms with Crippen molar-refractivity contribution in [3.8, 4) is 0 Å². The van der Waals surface area contributed by atoms with E-state index < -0.39 is 12.5 Å². The van der Waals surface area contributed by atoms with Gasteiger partial charge in [-0.05, 0) is 0 Å². The summed E-state index contributed by atoms with van der Waals surface area (Å²) in [5.74, 6) is -3.20. The van der Waals surface area contributed by atoms with Crippen molar-refractivity contribution in [1.29, 1.82) is 0 Å². The van der Waals surface area contributed by atoms with E-state index in [2.05, 4.69) is 9.97 Å². The highest BCUT2D eigenvalue weighted by atomic mass is 19.3. The molecular weight excluding hydrogens is 142 g/mol. The van der Waals surface area contributed by atoms with Crippen molar-refractivity contribution in [1.82, 2.24) is 9.97 Å². The molecule has 1 rings (SSSR count). The molecule has 0 spiro atoms. The van der Waals surface area contributed by atoms with Crippen LogP contribution in [-0.4, -0.2) is 21.7 Å². The van der Waals surface area contributed by atoms with Crippen molar-refractivity contribution >= 4 is 0 Å². The molecule has 56 valence electrons. The molecular formula is C5H6F2N2O. The lowest BCUT2D eigenvalue weighted by Gasteiger charge is -2.08. The predicted molar refractivity (Wildman–Crippen MR) is 29.6 cm³/mol. The number of aromatic amines is 1. The van der Waals surface area contributed by atoms with E-state index in [4.69, 9.17) is 5.11 Å². The van der Waals surface area contributed by atoms with Gasteiger partial charge in [0.2, 0.25) is 0 Å². The lowest BCUT2D eigenvalue weighted by molar-refractivity contribution is -0.0589. The van der Waals surface area contributed by atoms with Gasteiger partial charge >= 0.3 is 5.92 Å². The van der Waals surface area contributed by atoms with E-state index in [0.717, 1.165) is 12.5 Å². The summed E-state index contributed by atoms with van der Waals surface area (Å²) < 4.78 is 24.8. The molecule has 0 saturated carbocycles. The van der Waals surface area contributed by atoms with Gasteiger partial charge in [0.15, 0.2) is 0 Å². The van der Waals surface area contributed by atoms with Gasteiger partial charge in [-0.3, -0.25) is 0 Å². The molecule has 0 saturated heterocycles. The Morgan fingerprint density at radius 1 is 1.70 bits per heavy atom. The van der Waals surface area contributed by atoms with Crippen molar-refractivity contribution in [2.24, 2.45) is 0 Å². The highest BCUT2D eigenvalue weighted by Crippen LogP contribution is 2.23. The molecule has 0 fully saturated rings. The highest BCUT2D eigenvalue weighted by Gasteiger charge is 2.31. The molecule has 0 aliphatic carbocycles. The first-order chi connectivity index (χ1) is 4.67. The molecule has 2 N–H and O–H groups in total. The van der Waals surface area contributed by atoms with Crippen LogP contribution in [-0.2, 0) is 5.92 Å². The Balaban J connectivity index is 2.85. The van der Waals surface area contributed by atoms with E-state index in [0.29, 0.717) is 0 Å². The van der Waals surface area contributed by atoms with Crippen LogP contribution in [0.2, 0.25) is 0 Å². The van der Waals surface area contributed by atoms with Crippen LogP contribution in [0.4, 0.5) is 8.78 Å². The number of nitrogens with zero attached hydrogens (tertiary/aromatic N) is 1. The maximum Gasteiger partial charge on any atom is 0.311 e. The molecule has 0 unspecified atom stereocenters. The van der Waals surface area contributed by atoms with E-state index >= 15 is 0 Å². The molecule has 1 aromatic heterocycles. The summed E-state index contributed by atoms with van der Waals surface area (Å²) >= 11 is 0. The first-order valence-corrected chi connectivity index (χ1v) is 2.64. The summed E-state index contributed by atoms with van der Waals surface area (Å²) in [5.41, 5.74) is -0.366. The first kappa shape index (κ1) is 7.14. The number of alkyl halides is 2. The topological polar surface area (TPSA) is 48.9 Å². The number of halogens is 2. The zero-order chi connectivity index (χ0) is 7.61. The van der Waals surface area contributed by atoms with Crippen LogP contribution in [0.15, 0.2) is 12.5 Å². The number of aliphatic hydroxyl groups is 1. The van der Waals surface area contributed by atoms with Gasteiger partial charge in [0, 0.05) is 0 Å². The molecule has 5 heteroatoms. The number of rotatable bonds is 2. The van der Waals surface area contributed by atoms with E-state index in [-0.39, 0.29) is 5.69 Å². The molecule has 0 aliphatic heterocycles. The predicted octanol–water partition coefficient (Wildman–Crippen LogP) is 0.494. The number of aliphatic hydroxyl groups excluding tert-OH is 1. The molecule has 0 aromatic carbocycles. The Bertz CT molecular complexity index is 197. The summed E-state index contributed by atoms with van der Waals surface area (Å²) in [6.45, 7) is -1.20. The molecule has 0 aliphatic rings. The van der Waals surface area contributed by atoms with Crippen LogP contribution in [0.3, 0.4) is 0 Å². The van der Waals surface area contributed by atoms with Crippen LogP contribution < -0.4 is 0 Å². The third kappa shape index (κ3) is 1.13. The fourth-order valence-electron chi connectivity index (χ4n) is 0.541. The zero-order valence-electron chi connectivity index (χ0n) is 5.01. The van der Waals surface area contributed by atoms with Crippen molar-refractivity contribution in [3.63, 3.8) is 0 Å². The van der Waals surface area contributed by atoms with Gasteiger partial charge in [-0.1, -0.05) is 0 Å². The van der Waals surface area contributed by atoms with Crippen LogP contribution in [0.25, 0.3) is 0 Å². The number of imidazole rings is 1. The van der Waals surface area contributed by atoms with Crippen molar-refractivity contribution < 1.29 is 13.9 Å².